The van der Waals surface area contributed by atoms with E-state index in [1.165, 1.54) is 12.3 Å². The summed E-state index contributed by atoms with van der Waals surface area (Å²) in [5.41, 5.74) is 2.27. The van der Waals surface area contributed by atoms with Gasteiger partial charge in [0.15, 0.2) is 0 Å². The molecule has 0 saturated heterocycles. The second-order valence-corrected chi connectivity index (χ2v) is 10.1. The van der Waals surface area contributed by atoms with E-state index in [2.05, 4.69) is 25.5 Å². The lowest BCUT2D eigenvalue weighted by Gasteiger charge is -2.25. The van der Waals surface area contributed by atoms with Crippen molar-refractivity contribution in [2.75, 3.05) is 11.9 Å². The molecule has 1 amide bonds. The maximum Gasteiger partial charge on any atom is 0.296 e. The fourth-order valence-electron chi connectivity index (χ4n) is 4.36. The summed E-state index contributed by atoms with van der Waals surface area (Å²) in [6.45, 7) is 6.42. The fraction of sp³-hybridized carbons (Fsp3) is 0.333. The molecule has 0 radical (unpaired) electrons. The zero-order valence-corrected chi connectivity index (χ0v) is 23.6. The lowest BCUT2D eigenvalue weighted by molar-refractivity contribution is 0.0185. The lowest BCUT2D eigenvalue weighted by atomic mass is 9.92. The van der Waals surface area contributed by atoms with Crippen LogP contribution in [-0.2, 0) is 6.42 Å². The van der Waals surface area contributed by atoms with Crippen molar-refractivity contribution in [3.8, 4) is 16.9 Å². The molecular weight excluding hydrogens is 533 g/mol. The molecule has 0 aliphatic heterocycles. The van der Waals surface area contributed by atoms with E-state index in [1.54, 1.807) is 24.3 Å². The SMILES string of the molecule is CCC(O)(CC)CCCOc1ccc(C)c(-c2cc(NC(=O)c3n[nH]c(Cc4ccccc4F)n3)ncc2Cl)c1. The molecule has 0 fully saturated rings. The van der Waals surface area contributed by atoms with E-state index in [-0.39, 0.29) is 23.9 Å². The van der Waals surface area contributed by atoms with Gasteiger partial charge in [0.25, 0.3) is 5.91 Å². The van der Waals surface area contributed by atoms with Crippen LogP contribution in [0.25, 0.3) is 11.1 Å². The second kappa shape index (κ2) is 13.0. The zero-order valence-electron chi connectivity index (χ0n) is 22.8. The molecule has 0 spiro atoms. The quantitative estimate of drug-likeness (QED) is 0.169. The first kappa shape index (κ1) is 29.2. The Hall–Kier alpha value is -3.82. The van der Waals surface area contributed by atoms with Gasteiger partial charge in [-0.1, -0.05) is 49.7 Å². The van der Waals surface area contributed by atoms with Crippen molar-refractivity contribution < 1.29 is 19.0 Å². The average molecular weight is 566 g/mol. The highest BCUT2D eigenvalue weighted by Crippen LogP contribution is 2.34. The Morgan fingerprint density at radius 1 is 1.15 bits per heavy atom. The molecule has 40 heavy (non-hydrogen) atoms. The molecule has 0 aliphatic rings. The van der Waals surface area contributed by atoms with Gasteiger partial charge in [-0.2, -0.15) is 0 Å². The van der Waals surface area contributed by atoms with Crippen LogP contribution >= 0.6 is 11.6 Å². The van der Waals surface area contributed by atoms with Gasteiger partial charge in [0.2, 0.25) is 5.82 Å². The minimum absolute atomic E-state index is 0.0886. The summed E-state index contributed by atoms with van der Waals surface area (Å²) < 4.78 is 19.9. The number of ether oxygens (including phenoxy) is 1. The molecule has 8 nitrogen and oxygen atoms in total. The van der Waals surface area contributed by atoms with E-state index >= 15 is 0 Å². The van der Waals surface area contributed by atoms with Crippen LogP contribution in [0, 0.1) is 12.7 Å². The smallest absolute Gasteiger partial charge is 0.296 e. The molecule has 0 aliphatic carbocycles. The van der Waals surface area contributed by atoms with Gasteiger partial charge in [-0.3, -0.25) is 9.89 Å². The van der Waals surface area contributed by atoms with Crippen molar-refractivity contribution in [2.45, 2.75) is 58.5 Å². The molecule has 0 bridgehead atoms. The Balaban J connectivity index is 1.44. The summed E-state index contributed by atoms with van der Waals surface area (Å²) in [5, 5.41) is 20.3. The van der Waals surface area contributed by atoms with Crippen LogP contribution in [-0.4, -0.2) is 43.4 Å². The average Bonchev–Trinajstić information content (AvgIpc) is 3.43. The van der Waals surface area contributed by atoms with E-state index in [0.29, 0.717) is 53.6 Å². The number of carbonyl (C=O) groups excluding carboxylic acids is 1. The van der Waals surface area contributed by atoms with Gasteiger partial charge >= 0.3 is 0 Å². The van der Waals surface area contributed by atoms with Gasteiger partial charge in [0.1, 0.15) is 23.2 Å². The topological polar surface area (TPSA) is 113 Å². The number of aryl methyl sites for hydroxylation is 1. The second-order valence-electron chi connectivity index (χ2n) is 9.74. The van der Waals surface area contributed by atoms with Crippen molar-refractivity contribution in [1.29, 1.82) is 0 Å². The van der Waals surface area contributed by atoms with E-state index in [4.69, 9.17) is 16.3 Å². The number of amides is 1. The number of hydrogen-bond acceptors (Lipinski definition) is 6. The summed E-state index contributed by atoms with van der Waals surface area (Å²) in [4.78, 5) is 21.3. The molecule has 210 valence electrons. The number of rotatable bonds is 12. The van der Waals surface area contributed by atoms with Crippen molar-refractivity contribution >= 4 is 23.3 Å². The zero-order chi connectivity index (χ0) is 28.7. The molecule has 0 atom stereocenters. The number of pyridine rings is 1. The van der Waals surface area contributed by atoms with Crippen molar-refractivity contribution in [1.82, 2.24) is 20.2 Å². The predicted molar refractivity (Wildman–Crippen MR) is 153 cm³/mol. The van der Waals surface area contributed by atoms with Gasteiger partial charge in [-0.15, -0.1) is 5.10 Å². The van der Waals surface area contributed by atoms with E-state index in [9.17, 15) is 14.3 Å². The molecule has 2 aromatic carbocycles. The highest BCUT2D eigenvalue weighted by Gasteiger charge is 2.21. The largest absolute Gasteiger partial charge is 0.494 e. The van der Waals surface area contributed by atoms with Crippen LogP contribution in [0.4, 0.5) is 10.2 Å². The molecular formula is C30H33ClFN5O3. The van der Waals surface area contributed by atoms with Gasteiger partial charge < -0.3 is 15.2 Å². The van der Waals surface area contributed by atoms with Gasteiger partial charge in [-0.25, -0.2) is 14.4 Å². The van der Waals surface area contributed by atoms with Crippen LogP contribution in [0.3, 0.4) is 0 Å². The number of aromatic nitrogens is 4. The van der Waals surface area contributed by atoms with Crippen LogP contribution in [0.5, 0.6) is 5.75 Å². The molecule has 10 heteroatoms. The molecule has 3 N–H and O–H groups in total. The summed E-state index contributed by atoms with van der Waals surface area (Å²) in [5.74, 6) is 0.306. The fourth-order valence-corrected chi connectivity index (χ4v) is 4.56. The van der Waals surface area contributed by atoms with Crippen LogP contribution < -0.4 is 10.1 Å². The van der Waals surface area contributed by atoms with E-state index < -0.39 is 11.5 Å². The molecule has 2 aromatic heterocycles. The third-order valence-electron chi connectivity index (χ3n) is 7.02. The number of hydrogen-bond donors (Lipinski definition) is 3. The summed E-state index contributed by atoms with van der Waals surface area (Å²) in [6, 6.07) is 13.8. The number of nitrogens with one attached hydrogen (secondary N) is 2. The number of aromatic amines is 1. The third-order valence-corrected chi connectivity index (χ3v) is 7.32. The van der Waals surface area contributed by atoms with Crippen LogP contribution in [0.2, 0.25) is 5.02 Å². The standard InChI is InChI=1S/C30H33ClFN5O3/c1-4-30(39,5-2)13-8-14-40-21-12-11-19(3)22(16-21)23-17-26(33-18-24(23)31)35-29(38)28-34-27(36-37-28)15-20-9-6-7-10-25(20)32/h6-7,9-12,16-18,39H,4-5,8,13-15H2,1-3H3,(H,33,35,38)(H,34,36,37). The maximum atomic E-state index is 14.0. The Kier molecular flexibility index (Phi) is 9.50. The Morgan fingerprint density at radius 2 is 1.93 bits per heavy atom. The number of halogens is 2. The van der Waals surface area contributed by atoms with E-state index in [0.717, 1.165) is 17.5 Å². The summed E-state index contributed by atoms with van der Waals surface area (Å²) in [7, 11) is 0. The first-order valence-electron chi connectivity index (χ1n) is 13.3. The number of aliphatic hydroxyl groups is 1. The van der Waals surface area contributed by atoms with Gasteiger partial charge in [-0.05, 0) is 73.6 Å². The summed E-state index contributed by atoms with van der Waals surface area (Å²) in [6.07, 6.45) is 4.47. The monoisotopic (exact) mass is 565 g/mol. The maximum absolute atomic E-state index is 14.0. The third kappa shape index (κ3) is 7.22. The number of nitrogens with zero attached hydrogens (tertiary/aromatic N) is 3. The lowest BCUT2D eigenvalue weighted by Crippen LogP contribution is -2.26. The number of carbonyl (C=O) groups is 1. The van der Waals surface area contributed by atoms with Crippen molar-refractivity contribution in [3.63, 3.8) is 0 Å². The van der Waals surface area contributed by atoms with Crippen LogP contribution in [0.15, 0.2) is 54.7 Å². The highest BCUT2D eigenvalue weighted by atomic mass is 35.5. The number of anilines is 1. The highest BCUT2D eigenvalue weighted by molar-refractivity contribution is 6.33. The predicted octanol–water partition coefficient (Wildman–Crippen LogP) is 6.52. The molecule has 0 unspecified atom stereocenters. The summed E-state index contributed by atoms with van der Waals surface area (Å²) >= 11 is 6.51. The molecule has 0 saturated carbocycles. The first-order chi connectivity index (χ1) is 19.2. The van der Waals surface area contributed by atoms with Gasteiger partial charge in [0.05, 0.1) is 17.2 Å². The molecule has 2 heterocycles. The Morgan fingerprint density at radius 3 is 2.67 bits per heavy atom. The normalized spacial score (nSPS) is 11.4. The van der Waals surface area contributed by atoms with Crippen molar-refractivity contribution in [2.24, 2.45) is 0 Å². The molecule has 4 aromatic rings. The minimum Gasteiger partial charge on any atom is -0.494 e. The first-order valence-corrected chi connectivity index (χ1v) is 13.7. The van der Waals surface area contributed by atoms with Crippen molar-refractivity contribution in [3.05, 3.63) is 88.3 Å². The Bertz CT molecular complexity index is 1470. The van der Waals surface area contributed by atoms with Gasteiger partial charge in [0, 0.05) is 18.2 Å². The van der Waals surface area contributed by atoms with E-state index in [1.807, 2.05) is 39.0 Å². The minimum atomic E-state index is -0.653. The number of H-pyrrole nitrogens is 1. The Labute approximate surface area is 238 Å². The van der Waals surface area contributed by atoms with Crippen LogP contribution in [0.1, 0.15) is 67.1 Å². The molecule has 4 rings (SSSR count). The number of benzene rings is 2.